The Morgan fingerprint density at radius 1 is 1.17 bits per heavy atom. The summed E-state index contributed by atoms with van der Waals surface area (Å²) in [4.78, 5) is 7.48. The quantitative estimate of drug-likeness (QED) is 0.542. The third-order valence-electron chi connectivity index (χ3n) is 1.53. The van der Waals surface area contributed by atoms with E-state index >= 15 is 0 Å². The van der Waals surface area contributed by atoms with Crippen molar-refractivity contribution in [3.63, 3.8) is 0 Å². The average molecular weight is 175 g/mol. The van der Waals surface area contributed by atoms with Crippen molar-refractivity contribution in [1.82, 2.24) is 9.96 Å². The molecule has 0 radical (unpaired) electrons. The average Bonchev–Trinajstić information content (AvgIpc) is 2.00. The molecule has 4 nitrogen and oxygen atoms in total. The van der Waals surface area contributed by atoms with Gasteiger partial charge in [0.25, 0.3) is 0 Å². The zero-order chi connectivity index (χ0) is 9.40. The molecule has 4 heteroatoms. The standard InChI is InChI=1S/C8H21N3O/c1-10(2)7-8-12-11(3)6-4-5-9/h4-9H2,1-3H3. The van der Waals surface area contributed by atoms with E-state index in [-0.39, 0.29) is 0 Å². The van der Waals surface area contributed by atoms with Crippen LogP contribution in [-0.4, -0.2) is 57.3 Å². The van der Waals surface area contributed by atoms with Gasteiger partial charge in [0.15, 0.2) is 0 Å². The number of hydrogen-bond donors (Lipinski definition) is 1. The summed E-state index contributed by atoms with van der Waals surface area (Å²) in [5, 5.41) is 1.84. The van der Waals surface area contributed by atoms with Crippen LogP contribution in [0.4, 0.5) is 0 Å². The molecule has 0 heterocycles. The first-order valence-corrected chi connectivity index (χ1v) is 4.35. The molecule has 0 amide bonds. The normalized spacial score (nSPS) is 11.5. The van der Waals surface area contributed by atoms with E-state index in [2.05, 4.69) is 4.90 Å². The first-order valence-electron chi connectivity index (χ1n) is 4.35. The van der Waals surface area contributed by atoms with Crippen molar-refractivity contribution in [2.75, 3.05) is 47.4 Å². The Hall–Kier alpha value is -0.160. The van der Waals surface area contributed by atoms with Crippen LogP contribution in [0.5, 0.6) is 0 Å². The van der Waals surface area contributed by atoms with Crippen LogP contribution in [-0.2, 0) is 4.84 Å². The van der Waals surface area contributed by atoms with Crippen molar-refractivity contribution in [2.24, 2.45) is 5.73 Å². The molecular weight excluding hydrogens is 154 g/mol. The minimum absolute atomic E-state index is 0.724. The summed E-state index contributed by atoms with van der Waals surface area (Å²) in [7, 11) is 6.00. The second-order valence-corrected chi connectivity index (χ2v) is 3.13. The first-order chi connectivity index (χ1) is 5.66. The van der Waals surface area contributed by atoms with Gasteiger partial charge in [-0.05, 0) is 27.1 Å². The Morgan fingerprint density at radius 2 is 1.83 bits per heavy atom. The third-order valence-corrected chi connectivity index (χ3v) is 1.53. The van der Waals surface area contributed by atoms with E-state index in [0.29, 0.717) is 0 Å². The lowest BCUT2D eigenvalue weighted by Crippen LogP contribution is -2.27. The largest absolute Gasteiger partial charge is 0.330 e. The van der Waals surface area contributed by atoms with Gasteiger partial charge in [-0.3, -0.25) is 4.84 Å². The second-order valence-electron chi connectivity index (χ2n) is 3.13. The molecule has 0 aliphatic rings. The van der Waals surface area contributed by atoms with Crippen LogP contribution < -0.4 is 5.73 Å². The molecule has 0 spiro atoms. The number of rotatable bonds is 7. The van der Waals surface area contributed by atoms with Gasteiger partial charge >= 0.3 is 0 Å². The van der Waals surface area contributed by atoms with Crippen LogP contribution in [0.1, 0.15) is 6.42 Å². The van der Waals surface area contributed by atoms with E-state index in [1.165, 1.54) is 0 Å². The van der Waals surface area contributed by atoms with Gasteiger partial charge < -0.3 is 10.6 Å². The molecule has 0 aliphatic heterocycles. The van der Waals surface area contributed by atoms with Crippen LogP contribution >= 0.6 is 0 Å². The maximum absolute atomic E-state index is 5.39. The third kappa shape index (κ3) is 7.94. The molecule has 0 saturated carbocycles. The lowest BCUT2D eigenvalue weighted by molar-refractivity contribution is -0.141. The maximum Gasteiger partial charge on any atom is 0.0811 e. The highest BCUT2D eigenvalue weighted by Crippen LogP contribution is 1.87. The van der Waals surface area contributed by atoms with E-state index < -0.39 is 0 Å². The van der Waals surface area contributed by atoms with E-state index in [1.54, 1.807) is 0 Å². The molecule has 0 aliphatic carbocycles. The van der Waals surface area contributed by atoms with Crippen LogP contribution in [0.2, 0.25) is 0 Å². The van der Waals surface area contributed by atoms with Gasteiger partial charge in [0.05, 0.1) is 6.61 Å². The van der Waals surface area contributed by atoms with Crippen molar-refractivity contribution in [3.05, 3.63) is 0 Å². The van der Waals surface area contributed by atoms with Crippen molar-refractivity contribution in [1.29, 1.82) is 0 Å². The minimum atomic E-state index is 0.724. The monoisotopic (exact) mass is 175 g/mol. The number of hydroxylamine groups is 2. The fraction of sp³-hybridized carbons (Fsp3) is 1.00. The minimum Gasteiger partial charge on any atom is -0.330 e. The van der Waals surface area contributed by atoms with Crippen molar-refractivity contribution in [2.45, 2.75) is 6.42 Å². The van der Waals surface area contributed by atoms with E-state index in [1.807, 2.05) is 26.2 Å². The molecule has 0 fully saturated rings. The Morgan fingerprint density at radius 3 is 2.33 bits per heavy atom. The summed E-state index contributed by atoms with van der Waals surface area (Å²) in [6, 6.07) is 0. The predicted octanol–water partition coefficient (Wildman–Crippen LogP) is -0.240. The molecule has 0 saturated heterocycles. The van der Waals surface area contributed by atoms with Gasteiger partial charge in [-0.25, -0.2) is 0 Å². The fourth-order valence-corrected chi connectivity index (χ4v) is 0.758. The predicted molar refractivity (Wildman–Crippen MR) is 50.8 cm³/mol. The zero-order valence-electron chi connectivity index (χ0n) is 8.42. The summed E-state index contributed by atoms with van der Waals surface area (Å²) in [5.74, 6) is 0. The topological polar surface area (TPSA) is 41.7 Å². The molecule has 74 valence electrons. The molecule has 0 unspecified atom stereocenters. The SMILES string of the molecule is CN(C)CCON(C)CCCN. The van der Waals surface area contributed by atoms with Gasteiger partial charge in [-0.15, -0.1) is 0 Å². The van der Waals surface area contributed by atoms with Gasteiger partial charge in [-0.2, -0.15) is 5.06 Å². The maximum atomic E-state index is 5.39. The Kier molecular flexibility index (Phi) is 7.39. The smallest absolute Gasteiger partial charge is 0.0811 e. The van der Waals surface area contributed by atoms with Crippen LogP contribution in [0.25, 0.3) is 0 Å². The second kappa shape index (κ2) is 7.49. The lowest BCUT2D eigenvalue weighted by atomic mass is 10.4. The number of nitrogens with zero attached hydrogens (tertiary/aromatic N) is 2. The zero-order valence-corrected chi connectivity index (χ0v) is 8.42. The molecular formula is C8H21N3O. The molecule has 0 atom stereocenters. The number of likely N-dealkylation sites (N-methyl/N-ethyl adjacent to an activating group) is 1. The Balaban J connectivity index is 3.13. The molecule has 2 N–H and O–H groups in total. The summed E-state index contributed by atoms with van der Waals surface area (Å²) in [5.41, 5.74) is 5.36. The lowest BCUT2D eigenvalue weighted by Gasteiger charge is -2.17. The fourth-order valence-electron chi connectivity index (χ4n) is 0.758. The van der Waals surface area contributed by atoms with Gasteiger partial charge in [-0.1, -0.05) is 0 Å². The van der Waals surface area contributed by atoms with Gasteiger partial charge in [0.2, 0.25) is 0 Å². The van der Waals surface area contributed by atoms with Crippen molar-refractivity contribution in [3.8, 4) is 0 Å². The van der Waals surface area contributed by atoms with E-state index in [9.17, 15) is 0 Å². The van der Waals surface area contributed by atoms with Crippen LogP contribution in [0.3, 0.4) is 0 Å². The highest BCUT2D eigenvalue weighted by atomic mass is 16.7. The summed E-state index contributed by atoms with van der Waals surface area (Å²) >= 11 is 0. The summed E-state index contributed by atoms with van der Waals surface area (Å²) < 4.78 is 0. The van der Waals surface area contributed by atoms with E-state index in [0.717, 1.165) is 32.7 Å². The number of hydrogen-bond acceptors (Lipinski definition) is 4. The molecule has 0 aromatic heterocycles. The number of nitrogens with two attached hydrogens (primary N) is 1. The highest BCUT2D eigenvalue weighted by molar-refractivity contribution is 4.42. The molecule has 0 aromatic rings. The Labute approximate surface area is 75.2 Å². The molecule has 0 aromatic carbocycles. The Bertz CT molecular complexity index is 98.3. The van der Waals surface area contributed by atoms with Crippen LogP contribution in [0.15, 0.2) is 0 Å². The molecule has 12 heavy (non-hydrogen) atoms. The van der Waals surface area contributed by atoms with Gasteiger partial charge in [0, 0.05) is 20.1 Å². The van der Waals surface area contributed by atoms with Crippen molar-refractivity contribution < 1.29 is 4.84 Å². The van der Waals surface area contributed by atoms with E-state index in [4.69, 9.17) is 10.6 Å². The first kappa shape index (κ1) is 11.8. The van der Waals surface area contributed by atoms with Gasteiger partial charge in [0.1, 0.15) is 0 Å². The summed E-state index contributed by atoms with van der Waals surface area (Å²) in [6.07, 6.45) is 0.985. The summed E-state index contributed by atoms with van der Waals surface area (Å²) in [6.45, 7) is 3.33. The highest BCUT2D eigenvalue weighted by Gasteiger charge is 1.97. The molecule has 0 rings (SSSR count). The van der Waals surface area contributed by atoms with Crippen LogP contribution in [0, 0.1) is 0 Å². The molecule has 0 bridgehead atoms. The van der Waals surface area contributed by atoms with Crippen molar-refractivity contribution >= 4 is 0 Å².